The molecular weight excluding hydrogens is 630 g/mol. The van der Waals surface area contributed by atoms with Gasteiger partial charge in [-0.3, -0.25) is 9.78 Å². The van der Waals surface area contributed by atoms with E-state index < -0.39 is 5.82 Å². The van der Waals surface area contributed by atoms with Crippen LogP contribution in [0.2, 0.25) is 0 Å². The molecule has 0 radical (unpaired) electrons. The highest BCUT2D eigenvalue weighted by atomic mass is 32.1. The molecule has 1 atom stereocenters. The summed E-state index contributed by atoms with van der Waals surface area (Å²) < 4.78 is 27.2. The molecule has 0 bridgehead atoms. The molecule has 48 heavy (non-hydrogen) atoms. The minimum absolute atomic E-state index is 0.0352. The van der Waals surface area contributed by atoms with Crippen LogP contribution in [0.5, 0.6) is 17.2 Å². The molecule has 1 amide bonds. The number of carbonyl (C=O) groups is 1. The van der Waals surface area contributed by atoms with Crippen LogP contribution in [0.3, 0.4) is 0 Å². The molecule has 4 heterocycles. The molecule has 1 N–H and O–H groups in total. The van der Waals surface area contributed by atoms with Crippen LogP contribution in [-0.2, 0) is 6.42 Å². The van der Waals surface area contributed by atoms with Crippen LogP contribution in [0.4, 0.5) is 10.2 Å². The molecule has 1 unspecified atom stereocenters. The van der Waals surface area contributed by atoms with Crippen LogP contribution in [-0.4, -0.2) is 95.9 Å². The highest BCUT2D eigenvalue weighted by Crippen LogP contribution is 2.52. The maximum Gasteiger partial charge on any atom is 0.257 e. The summed E-state index contributed by atoms with van der Waals surface area (Å²) in [5.41, 5.74) is 2.74. The molecule has 1 saturated heterocycles. The normalized spacial score (nSPS) is 18.0. The molecule has 12 heteroatoms. The molecule has 1 spiro atoms. The first kappa shape index (κ1) is 35.8. The SMILES string of the molecule is CCN(C(=O)c1cc(F)ccc1Oc1cncnc1N1CC2(CC(Oc3ccnc4c3C(CCCN(C)C)NCC4)C2)C1)C(C)C.CS. The summed E-state index contributed by atoms with van der Waals surface area (Å²) in [5.74, 6) is 1.59. The molecule has 1 aromatic carbocycles. The average molecular weight is 680 g/mol. The Hall–Kier alpha value is -3.48. The molecule has 1 saturated carbocycles. The summed E-state index contributed by atoms with van der Waals surface area (Å²) in [6.45, 7) is 9.95. The van der Waals surface area contributed by atoms with Crippen LogP contribution in [0.1, 0.15) is 74.1 Å². The highest BCUT2D eigenvalue weighted by Gasteiger charge is 2.54. The molecule has 3 aliphatic rings. The van der Waals surface area contributed by atoms with E-state index in [0.29, 0.717) is 18.1 Å². The zero-order chi connectivity index (χ0) is 34.4. The number of halogens is 1. The summed E-state index contributed by atoms with van der Waals surface area (Å²) in [5, 5.41) is 3.70. The third-order valence-electron chi connectivity index (χ3n) is 9.47. The smallest absolute Gasteiger partial charge is 0.257 e. The van der Waals surface area contributed by atoms with Crippen LogP contribution < -0.4 is 19.7 Å². The van der Waals surface area contributed by atoms with Crippen LogP contribution >= 0.6 is 12.6 Å². The van der Waals surface area contributed by atoms with Gasteiger partial charge in [0.05, 0.1) is 17.5 Å². The van der Waals surface area contributed by atoms with Gasteiger partial charge in [-0.15, -0.1) is 0 Å². The van der Waals surface area contributed by atoms with Gasteiger partial charge in [0.15, 0.2) is 11.6 Å². The van der Waals surface area contributed by atoms with E-state index in [4.69, 9.17) is 14.5 Å². The Morgan fingerprint density at radius 3 is 2.62 bits per heavy atom. The first-order valence-corrected chi connectivity index (χ1v) is 17.9. The number of aromatic nitrogens is 3. The van der Waals surface area contributed by atoms with Gasteiger partial charge < -0.3 is 29.5 Å². The van der Waals surface area contributed by atoms with Gasteiger partial charge in [0.1, 0.15) is 29.7 Å². The number of nitrogens with one attached hydrogen (secondary N) is 1. The lowest BCUT2D eigenvalue weighted by atomic mass is 9.61. The van der Waals surface area contributed by atoms with Gasteiger partial charge in [0.25, 0.3) is 5.91 Å². The third kappa shape index (κ3) is 7.87. The summed E-state index contributed by atoms with van der Waals surface area (Å²) in [6, 6.07) is 6.30. The fraction of sp³-hybridized carbons (Fsp3) is 0.556. The minimum atomic E-state index is -0.491. The van der Waals surface area contributed by atoms with Crippen molar-refractivity contribution in [1.29, 1.82) is 0 Å². The monoisotopic (exact) mass is 679 g/mol. The van der Waals surface area contributed by atoms with Crippen molar-refractivity contribution in [3.63, 3.8) is 0 Å². The first-order valence-electron chi connectivity index (χ1n) is 17.0. The second-order valence-corrected chi connectivity index (χ2v) is 13.5. The predicted molar refractivity (Wildman–Crippen MR) is 190 cm³/mol. The second-order valence-electron chi connectivity index (χ2n) is 13.5. The van der Waals surface area contributed by atoms with Gasteiger partial charge in [0.2, 0.25) is 0 Å². The number of fused-ring (bicyclic) bond motifs is 1. The van der Waals surface area contributed by atoms with Crippen LogP contribution in [0.25, 0.3) is 0 Å². The van der Waals surface area contributed by atoms with Gasteiger partial charge in [0, 0.05) is 61.9 Å². The predicted octanol–water partition coefficient (Wildman–Crippen LogP) is 5.80. The Bertz CT molecular complexity index is 1540. The van der Waals surface area contributed by atoms with Crippen molar-refractivity contribution in [2.45, 2.75) is 71.1 Å². The number of anilines is 1. The Balaban J connectivity index is 0.00000221. The lowest BCUT2D eigenvalue weighted by Gasteiger charge is -2.59. The minimum Gasteiger partial charge on any atom is -0.490 e. The number of amides is 1. The van der Waals surface area contributed by atoms with E-state index in [1.807, 2.05) is 33.0 Å². The van der Waals surface area contributed by atoms with E-state index in [1.54, 1.807) is 17.4 Å². The van der Waals surface area contributed by atoms with E-state index in [2.05, 4.69) is 51.8 Å². The van der Waals surface area contributed by atoms with Crippen molar-refractivity contribution in [2.75, 3.05) is 58.0 Å². The Morgan fingerprint density at radius 1 is 1.15 bits per heavy atom. The highest BCUT2D eigenvalue weighted by molar-refractivity contribution is 7.79. The standard InChI is InChI=1S/C35H46FN7O3.CH4S/c1-6-43(23(2)3)34(44)26-16-24(36)9-10-29(26)46-31-19-37-22-40-33(31)42-20-35(21-42)17-25(18-35)45-30-12-14-39-28-11-13-38-27(32(28)30)8-7-15-41(4)5;1-2/h9-10,12,14,16,19,22-23,25,27,38H,6-8,11,13,15,17-18,20-21H2,1-5H3;2H,1H3. The van der Waals surface area contributed by atoms with Gasteiger partial charge in [-0.05, 0) is 97.6 Å². The topological polar surface area (TPSA) is 96.0 Å². The van der Waals surface area contributed by atoms with E-state index >= 15 is 0 Å². The molecule has 6 rings (SSSR count). The number of hydrogen-bond acceptors (Lipinski definition) is 10. The number of hydrogen-bond donors (Lipinski definition) is 2. The van der Waals surface area contributed by atoms with Gasteiger partial charge in [-0.1, -0.05) is 0 Å². The summed E-state index contributed by atoms with van der Waals surface area (Å²) in [6.07, 6.45) is 11.9. The van der Waals surface area contributed by atoms with Crippen molar-refractivity contribution in [3.05, 3.63) is 65.6 Å². The van der Waals surface area contributed by atoms with E-state index in [9.17, 15) is 9.18 Å². The number of ether oxygens (including phenoxy) is 2. The quantitative estimate of drug-likeness (QED) is 0.231. The lowest BCUT2D eigenvalue weighted by molar-refractivity contribution is -0.0352. The van der Waals surface area contributed by atoms with Gasteiger partial charge in [-0.25, -0.2) is 14.4 Å². The number of nitrogens with zero attached hydrogens (tertiary/aromatic N) is 6. The number of pyridine rings is 1. The van der Waals surface area contributed by atoms with E-state index in [0.717, 1.165) is 69.7 Å². The molecule has 3 aromatic rings. The average Bonchev–Trinajstić information content (AvgIpc) is 3.04. The van der Waals surface area contributed by atoms with Crippen molar-refractivity contribution in [1.82, 2.24) is 30.1 Å². The fourth-order valence-electron chi connectivity index (χ4n) is 7.23. The first-order chi connectivity index (χ1) is 23.2. The molecule has 2 fully saturated rings. The maximum atomic E-state index is 14.3. The number of benzene rings is 1. The zero-order valence-electron chi connectivity index (χ0n) is 29.1. The number of rotatable bonds is 12. The van der Waals surface area contributed by atoms with Gasteiger partial charge >= 0.3 is 0 Å². The lowest BCUT2D eigenvalue weighted by Crippen LogP contribution is -2.65. The van der Waals surface area contributed by atoms with Crippen molar-refractivity contribution >= 4 is 24.4 Å². The molecule has 2 aromatic heterocycles. The largest absolute Gasteiger partial charge is 0.490 e. The zero-order valence-corrected chi connectivity index (χ0v) is 30.0. The Labute approximate surface area is 289 Å². The summed E-state index contributed by atoms with van der Waals surface area (Å²) >= 11 is 3.53. The van der Waals surface area contributed by atoms with Gasteiger partial charge in [-0.2, -0.15) is 12.6 Å². The maximum absolute atomic E-state index is 14.3. The van der Waals surface area contributed by atoms with E-state index in [-0.39, 0.29) is 40.8 Å². The molecule has 1 aliphatic carbocycles. The molecule has 260 valence electrons. The van der Waals surface area contributed by atoms with Crippen molar-refractivity contribution < 1.29 is 18.7 Å². The van der Waals surface area contributed by atoms with E-state index in [1.165, 1.54) is 30.1 Å². The summed E-state index contributed by atoms with van der Waals surface area (Å²) in [4.78, 5) is 32.9. The Kier molecular flexibility index (Phi) is 11.8. The Morgan fingerprint density at radius 2 is 1.92 bits per heavy atom. The second kappa shape index (κ2) is 15.8. The molecule has 2 aliphatic heterocycles. The third-order valence-corrected chi connectivity index (χ3v) is 9.47. The fourth-order valence-corrected chi connectivity index (χ4v) is 7.23. The molecule has 10 nitrogen and oxygen atoms in total. The van der Waals surface area contributed by atoms with Crippen molar-refractivity contribution in [2.24, 2.45) is 5.41 Å². The van der Waals surface area contributed by atoms with Crippen molar-refractivity contribution in [3.8, 4) is 17.2 Å². The molecular formula is C36H50FN7O3S. The van der Waals surface area contributed by atoms with Crippen LogP contribution in [0.15, 0.2) is 43.0 Å². The van der Waals surface area contributed by atoms with Crippen LogP contribution in [0, 0.1) is 11.2 Å². The number of carbonyl (C=O) groups excluding carboxylic acids is 1. The number of thiol groups is 1. The summed E-state index contributed by atoms with van der Waals surface area (Å²) in [7, 11) is 4.23.